The normalized spacial score (nSPS) is 14.9. The number of anilines is 1. The third-order valence-corrected chi connectivity index (χ3v) is 5.58. The molecule has 0 aromatic heterocycles. The highest BCUT2D eigenvalue weighted by Gasteiger charge is 2.20. The average Bonchev–Trinajstić information content (AvgIpc) is 2.77. The maximum atomic E-state index is 11.4. The Labute approximate surface area is 199 Å². The van der Waals surface area contributed by atoms with Crippen LogP contribution in [-0.2, 0) is 21.4 Å². The number of hydrogen-bond acceptors (Lipinski definition) is 6. The highest BCUT2D eigenvalue weighted by Crippen LogP contribution is 2.40. The van der Waals surface area contributed by atoms with Crippen LogP contribution in [0, 0.1) is 5.41 Å². The molecule has 0 bridgehead atoms. The second-order valence-electron chi connectivity index (χ2n) is 8.83. The molecule has 0 amide bonds. The molecule has 0 aliphatic heterocycles. The number of carbonyl (C=O) groups is 1. The summed E-state index contributed by atoms with van der Waals surface area (Å²) in [5.74, 6) is -0.180. The first-order chi connectivity index (χ1) is 15.6. The summed E-state index contributed by atoms with van der Waals surface area (Å²) in [6.07, 6.45) is 5.73. The van der Waals surface area contributed by atoms with Gasteiger partial charge in [-0.25, -0.2) is 0 Å². The number of halogens is 1. The van der Waals surface area contributed by atoms with E-state index < -0.39 is 0 Å². The van der Waals surface area contributed by atoms with Gasteiger partial charge in [-0.2, -0.15) is 5.10 Å². The molecule has 3 N–H and O–H groups in total. The van der Waals surface area contributed by atoms with Gasteiger partial charge in [0.25, 0.3) is 0 Å². The fraction of sp³-hybridized carbons (Fsp3) is 0.269. The number of benzene rings is 2. The summed E-state index contributed by atoms with van der Waals surface area (Å²) in [4.78, 5) is 11.4. The van der Waals surface area contributed by atoms with Gasteiger partial charge in [0, 0.05) is 17.0 Å². The maximum Gasteiger partial charge on any atom is 0.305 e. The molecule has 0 atom stereocenters. The molecule has 0 fully saturated rings. The molecule has 1 aliphatic carbocycles. The van der Waals surface area contributed by atoms with E-state index in [4.69, 9.17) is 21.7 Å². The Bertz CT molecular complexity index is 1160. The molecule has 3 rings (SSSR count). The van der Waals surface area contributed by atoms with Gasteiger partial charge in [0.15, 0.2) is 0 Å². The molecule has 2 aromatic carbocycles. The molecule has 1 aliphatic rings. The topological polar surface area (TPSA) is 94.8 Å². The number of hydrogen-bond donors (Lipinski definition) is 3. The van der Waals surface area contributed by atoms with Gasteiger partial charge in [-0.15, -0.1) is 0 Å². The molecule has 33 heavy (non-hydrogen) atoms. The van der Waals surface area contributed by atoms with Gasteiger partial charge in [-0.3, -0.25) is 15.6 Å². The van der Waals surface area contributed by atoms with Crippen LogP contribution >= 0.6 is 11.6 Å². The highest BCUT2D eigenvalue weighted by atomic mass is 35.5. The number of nitrogens with zero attached hydrogens (tertiary/aromatic N) is 1. The SMILES string of the molecule is COC(=O)CCc1ccc(-c2cc(C(C)(C)C)cc(N/N=C3/C=CC(Cl)=CC3=N)c2O)cc1. The monoisotopic (exact) mass is 465 g/mol. The number of ether oxygens (including phenoxy) is 1. The molecular formula is C26H28ClN3O3. The van der Waals surface area contributed by atoms with E-state index in [1.165, 1.54) is 13.2 Å². The van der Waals surface area contributed by atoms with E-state index in [1.54, 1.807) is 12.2 Å². The van der Waals surface area contributed by atoms with Crippen molar-refractivity contribution in [3.63, 3.8) is 0 Å². The second-order valence-corrected chi connectivity index (χ2v) is 9.26. The molecule has 0 spiro atoms. The summed E-state index contributed by atoms with van der Waals surface area (Å²) in [7, 11) is 1.38. The van der Waals surface area contributed by atoms with Crippen LogP contribution in [0.2, 0.25) is 0 Å². The summed E-state index contributed by atoms with van der Waals surface area (Å²) in [6, 6.07) is 11.6. The van der Waals surface area contributed by atoms with Crippen LogP contribution in [0.25, 0.3) is 11.1 Å². The third-order valence-electron chi connectivity index (χ3n) is 5.34. The molecule has 0 saturated carbocycles. The van der Waals surface area contributed by atoms with Crippen LogP contribution in [0.5, 0.6) is 5.75 Å². The third kappa shape index (κ3) is 6.11. The minimum absolute atomic E-state index is 0.0644. The van der Waals surface area contributed by atoms with E-state index in [9.17, 15) is 9.90 Å². The first-order valence-corrected chi connectivity index (χ1v) is 11.0. The van der Waals surface area contributed by atoms with Crippen molar-refractivity contribution < 1.29 is 14.6 Å². The Kier molecular flexibility index (Phi) is 7.39. The van der Waals surface area contributed by atoms with Crippen molar-refractivity contribution in [3.8, 4) is 16.9 Å². The number of nitrogens with one attached hydrogen (secondary N) is 2. The minimum Gasteiger partial charge on any atom is -0.505 e. The fourth-order valence-corrected chi connectivity index (χ4v) is 3.47. The number of aryl methyl sites for hydroxylation is 1. The Balaban J connectivity index is 1.94. The van der Waals surface area contributed by atoms with Crippen molar-refractivity contribution in [1.29, 1.82) is 5.41 Å². The quantitative estimate of drug-likeness (QED) is 0.213. The lowest BCUT2D eigenvalue weighted by atomic mass is 9.84. The average molecular weight is 466 g/mol. The van der Waals surface area contributed by atoms with Gasteiger partial charge in [0.1, 0.15) is 11.5 Å². The Morgan fingerprint density at radius 2 is 1.88 bits per heavy atom. The lowest BCUT2D eigenvalue weighted by molar-refractivity contribution is -0.140. The number of phenols is 1. The standard InChI is InChI=1S/C26H28ClN3O3/c1-26(2,3)18-13-20(17-8-5-16(6-9-17)7-12-24(31)33-4)25(32)23(14-18)30-29-22-11-10-19(27)15-21(22)28/h5-6,8-11,13-15,28,30,32H,7,12H2,1-4H3/b28-21?,29-22-. The van der Waals surface area contributed by atoms with Crippen molar-refractivity contribution in [1.82, 2.24) is 0 Å². The minimum atomic E-state index is -0.245. The molecule has 6 nitrogen and oxygen atoms in total. The number of phenolic OH excluding ortho intramolecular Hbond substituents is 1. The van der Waals surface area contributed by atoms with Crippen LogP contribution in [-0.4, -0.2) is 29.6 Å². The molecule has 2 aromatic rings. The first-order valence-electron chi connectivity index (χ1n) is 10.6. The summed E-state index contributed by atoms with van der Waals surface area (Å²) in [6.45, 7) is 6.29. The number of hydrazone groups is 1. The summed E-state index contributed by atoms with van der Waals surface area (Å²) < 4.78 is 4.70. The smallest absolute Gasteiger partial charge is 0.305 e. The number of rotatable bonds is 6. The van der Waals surface area contributed by atoms with Gasteiger partial charge in [0.05, 0.1) is 18.5 Å². The van der Waals surface area contributed by atoms with Crippen LogP contribution in [0.1, 0.15) is 38.3 Å². The number of methoxy groups -OCH3 is 1. The second kappa shape index (κ2) is 10.0. The fourth-order valence-electron chi connectivity index (χ4n) is 3.30. The van der Waals surface area contributed by atoms with Crippen molar-refractivity contribution in [2.45, 2.75) is 39.0 Å². The Morgan fingerprint density at radius 1 is 1.18 bits per heavy atom. The van der Waals surface area contributed by atoms with Crippen molar-refractivity contribution >= 4 is 34.7 Å². The Hall–Kier alpha value is -3.38. The van der Waals surface area contributed by atoms with E-state index in [-0.39, 0.29) is 22.8 Å². The molecular weight excluding hydrogens is 438 g/mol. The van der Waals surface area contributed by atoms with E-state index in [2.05, 4.69) is 31.3 Å². The van der Waals surface area contributed by atoms with Crippen LogP contribution in [0.15, 0.2) is 64.8 Å². The molecule has 0 radical (unpaired) electrons. The van der Waals surface area contributed by atoms with Crippen LogP contribution < -0.4 is 5.43 Å². The van der Waals surface area contributed by atoms with E-state index in [0.717, 1.165) is 16.7 Å². The highest BCUT2D eigenvalue weighted by molar-refractivity contribution is 6.52. The Morgan fingerprint density at radius 3 is 2.48 bits per heavy atom. The van der Waals surface area contributed by atoms with Crippen molar-refractivity contribution in [3.05, 3.63) is 70.8 Å². The summed E-state index contributed by atoms with van der Waals surface area (Å²) >= 11 is 5.93. The largest absolute Gasteiger partial charge is 0.505 e. The van der Waals surface area contributed by atoms with Gasteiger partial charge in [0.2, 0.25) is 0 Å². The molecule has 0 saturated heterocycles. The number of esters is 1. The van der Waals surface area contributed by atoms with Gasteiger partial charge in [-0.1, -0.05) is 56.6 Å². The predicted molar refractivity (Wildman–Crippen MR) is 134 cm³/mol. The van der Waals surface area contributed by atoms with Gasteiger partial charge < -0.3 is 9.84 Å². The summed E-state index contributed by atoms with van der Waals surface area (Å²) in [5, 5.41) is 23.8. The van der Waals surface area contributed by atoms with E-state index >= 15 is 0 Å². The van der Waals surface area contributed by atoms with Crippen molar-refractivity contribution in [2.24, 2.45) is 5.10 Å². The molecule has 0 heterocycles. The maximum absolute atomic E-state index is 11.4. The first kappa shape index (κ1) is 24.3. The van der Waals surface area contributed by atoms with Gasteiger partial charge >= 0.3 is 5.97 Å². The molecule has 7 heteroatoms. The van der Waals surface area contributed by atoms with E-state index in [0.29, 0.717) is 34.8 Å². The number of aromatic hydroxyl groups is 1. The number of allylic oxidation sites excluding steroid dienone is 4. The summed E-state index contributed by atoms with van der Waals surface area (Å²) in [5.41, 5.74) is 7.34. The lowest BCUT2D eigenvalue weighted by Gasteiger charge is -2.22. The zero-order chi connectivity index (χ0) is 24.2. The number of carbonyl (C=O) groups excluding carboxylic acids is 1. The van der Waals surface area contributed by atoms with Crippen LogP contribution in [0.3, 0.4) is 0 Å². The lowest BCUT2D eigenvalue weighted by Crippen LogP contribution is -2.14. The van der Waals surface area contributed by atoms with Crippen LogP contribution in [0.4, 0.5) is 5.69 Å². The van der Waals surface area contributed by atoms with E-state index in [1.807, 2.05) is 36.4 Å². The zero-order valence-electron chi connectivity index (χ0n) is 19.2. The molecule has 172 valence electrons. The van der Waals surface area contributed by atoms with Gasteiger partial charge in [-0.05, 0) is 58.9 Å². The molecule has 0 unspecified atom stereocenters. The zero-order valence-corrected chi connectivity index (χ0v) is 20.0. The predicted octanol–water partition coefficient (Wildman–Crippen LogP) is 5.94. The van der Waals surface area contributed by atoms with Crippen molar-refractivity contribution in [2.75, 3.05) is 12.5 Å².